The summed E-state index contributed by atoms with van der Waals surface area (Å²) in [5.74, 6) is 0.490. The topological polar surface area (TPSA) is 51.5 Å². The number of esters is 1. The summed E-state index contributed by atoms with van der Waals surface area (Å²) in [5.41, 5.74) is 1.20. The van der Waals surface area contributed by atoms with Crippen LogP contribution in [0.25, 0.3) is 0 Å². The number of benzene rings is 1. The predicted octanol–water partition coefficient (Wildman–Crippen LogP) is 2.92. The first kappa shape index (κ1) is 13.4. The van der Waals surface area contributed by atoms with Crippen molar-refractivity contribution in [3.63, 3.8) is 0 Å². The number of carbonyl (C=O) groups is 1. The van der Waals surface area contributed by atoms with Crippen molar-refractivity contribution in [2.75, 3.05) is 7.11 Å². The molecule has 1 unspecified atom stereocenters. The molecule has 0 aliphatic heterocycles. The van der Waals surface area contributed by atoms with E-state index in [9.17, 15) is 4.79 Å². The number of rotatable bonds is 5. The fraction of sp³-hybridized carbons (Fsp3) is 0.267. The molecule has 4 heteroatoms. The molecular weight excluding hydrogens is 242 g/mol. The number of ether oxygens (including phenoxy) is 1. The zero-order valence-electron chi connectivity index (χ0n) is 11.1. The molecule has 4 nitrogen and oxygen atoms in total. The molecule has 0 aliphatic carbocycles. The largest absolute Gasteiger partial charge is 0.463 e. The van der Waals surface area contributed by atoms with E-state index in [2.05, 4.69) is 22.2 Å². The molecule has 0 amide bonds. The van der Waals surface area contributed by atoms with Gasteiger partial charge in [0.1, 0.15) is 5.76 Å². The minimum absolute atomic E-state index is 0.0265. The monoisotopic (exact) mass is 259 g/mol. The van der Waals surface area contributed by atoms with Crippen molar-refractivity contribution >= 4 is 5.97 Å². The van der Waals surface area contributed by atoms with Gasteiger partial charge in [0.25, 0.3) is 0 Å². The molecule has 1 aromatic carbocycles. The zero-order valence-corrected chi connectivity index (χ0v) is 11.1. The highest BCUT2D eigenvalue weighted by molar-refractivity contribution is 5.86. The van der Waals surface area contributed by atoms with Crippen molar-refractivity contribution in [1.82, 2.24) is 5.32 Å². The Labute approximate surface area is 112 Å². The molecule has 0 fully saturated rings. The van der Waals surface area contributed by atoms with Crippen LogP contribution in [0.2, 0.25) is 0 Å². The number of carbonyl (C=O) groups excluding carboxylic acids is 1. The molecule has 19 heavy (non-hydrogen) atoms. The minimum Gasteiger partial charge on any atom is -0.463 e. The first-order valence-corrected chi connectivity index (χ1v) is 6.16. The molecule has 1 aromatic heterocycles. The van der Waals surface area contributed by atoms with Crippen LogP contribution >= 0.6 is 0 Å². The molecule has 1 heterocycles. The Balaban J connectivity index is 1.94. The molecule has 0 saturated carbocycles. The third-order valence-electron chi connectivity index (χ3n) is 2.90. The van der Waals surface area contributed by atoms with Crippen molar-refractivity contribution in [2.24, 2.45) is 0 Å². The van der Waals surface area contributed by atoms with Crippen LogP contribution in [0, 0.1) is 0 Å². The van der Waals surface area contributed by atoms with Crippen LogP contribution in [0.4, 0.5) is 0 Å². The van der Waals surface area contributed by atoms with Crippen LogP contribution in [-0.2, 0) is 11.3 Å². The number of hydrogen-bond donors (Lipinski definition) is 1. The summed E-state index contributed by atoms with van der Waals surface area (Å²) in [6.07, 6.45) is 0. The van der Waals surface area contributed by atoms with Gasteiger partial charge in [-0.2, -0.15) is 0 Å². The fourth-order valence-corrected chi connectivity index (χ4v) is 1.76. The van der Waals surface area contributed by atoms with Crippen LogP contribution in [0.1, 0.15) is 34.8 Å². The summed E-state index contributed by atoms with van der Waals surface area (Å²) >= 11 is 0. The Morgan fingerprint density at radius 2 is 2.00 bits per heavy atom. The summed E-state index contributed by atoms with van der Waals surface area (Å²) in [4.78, 5) is 11.3. The average molecular weight is 259 g/mol. The Bertz CT molecular complexity index is 533. The maximum atomic E-state index is 11.3. The van der Waals surface area contributed by atoms with Crippen LogP contribution in [0.5, 0.6) is 0 Å². The molecule has 100 valence electrons. The maximum absolute atomic E-state index is 11.3. The smallest absolute Gasteiger partial charge is 0.373 e. The molecular formula is C15H17NO3. The van der Waals surface area contributed by atoms with Crippen LogP contribution in [0.15, 0.2) is 46.9 Å². The van der Waals surface area contributed by atoms with Crippen LogP contribution in [-0.4, -0.2) is 13.1 Å². The van der Waals surface area contributed by atoms with E-state index in [-0.39, 0.29) is 11.8 Å². The molecule has 2 rings (SSSR count). The summed E-state index contributed by atoms with van der Waals surface area (Å²) in [7, 11) is 1.33. The second kappa shape index (κ2) is 6.20. The van der Waals surface area contributed by atoms with E-state index < -0.39 is 5.97 Å². The number of methoxy groups -OCH3 is 1. The van der Waals surface area contributed by atoms with Crippen molar-refractivity contribution in [3.05, 3.63) is 59.5 Å². The van der Waals surface area contributed by atoms with Gasteiger partial charge in [-0.25, -0.2) is 4.79 Å². The Morgan fingerprint density at radius 3 is 2.68 bits per heavy atom. The van der Waals surface area contributed by atoms with Gasteiger partial charge in [0.2, 0.25) is 5.76 Å². The standard InChI is InChI=1S/C15H17NO3/c1-11(16-10-12-6-4-3-5-7-12)13-8-9-14(19-13)15(17)18-2/h3-9,11,16H,10H2,1-2H3. The van der Waals surface area contributed by atoms with Crippen LogP contribution < -0.4 is 5.32 Å². The van der Waals surface area contributed by atoms with E-state index in [1.165, 1.54) is 12.7 Å². The molecule has 0 aliphatic rings. The lowest BCUT2D eigenvalue weighted by Crippen LogP contribution is -2.17. The van der Waals surface area contributed by atoms with Gasteiger partial charge >= 0.3 is 5.97 Å². The van der Waals surface area contributed by atoms with E-state index in [0.717, 1.165) is 12.3 Å². The lowest BCUT2D eigenvalue weighted by Gasteiger charge is -2.11. The SMILES string of the molecule is COC(=O)c1ccc(C(C)NCc2ccccc2)o1. The third kappa shape index (κ3) is 3.45. The number of nitrogens with one attached hydrogen (secondary N) is 1. The molecule has 1 N–H and O–H groups in total. The van der Waals surface area contributed by atoms with Gasteiger partial charge < -0.3 is 14.5 Å². The normalized spacial score (nSPS) is 12.1. The van der Waals surface area contributed by atoms with Gasteiger partial charge in [-0.05, 0) is 24.6 Å². The maximum Gasteiger partial charge on any atom is 0.373 e. The average Bonchev–Trinajstić information content (AvgIpc) is 2.95. The summed E-state index contributed by atoms with van der Waals surface area (Å²) in [5, 5.41) is 3.34. The lowest BCUT2D eigenvalue weighted by atomic mass is 10.2. The molecule has 2 aromatic rings. The molecule has 0 spiro atoms. The Hall–Kier alpha value is -2.07. The van der Waals surface area contributed by atoms with E-state index in [1.54, 1.807) is 12.1 Å². The van der Waals surface area contributed by atoms with Gasteiger partial charge in [-0.1, -0.05) is 30.3 Å². The molecule has 1 atom stereocenters. The molecule has 0 saturated heterocycles. The predicted molar refractivity (Wildman–Crippen MR) is 71.7 cm³/mol. The van der Waals surface area contributed by atoms with Crippen molar-refractivity contribution < 1.29 is 13.9 Å². The third-order valence-corrected chi connectivity index (χ3v) is 2.90. The highest BCUT2D eigenvalue weighted by Gasteiger charge is 2.14. The number of furan rings is 1. The minimum atomic E-state index is -0.457. The highest BCUT2D eigenvalue weighted by Crippen LogP contribution is 2.17. The van der Waals surface area contributed by atoms with E-state index in [1.807, 2.05) is 25.1 Å². The van der Waals surface area contributed by atoms with Gasteiger partial charge in [-0.3, -0.25) is 0 Å². The lowest BCUT2D eigenvalue weighted by molar-refractivity contribution is 0.0562. The Morgan fingerprint density at radius 1 is 1.26 bits per heavy atom. The summed E-state index contributed by atoms with van der Waals surface area (Å²) in [6.45, 7) is 2.74. The second-order valence-corrected chi connectivity index (χ2v) is 4.28. The van der Waals surface area contributed by atoms with Gasteiger partial charge in [-0.15, -0.1) is 0 Å². The van der Waals surface area contributed by atoms with E-state index >= 15 is 0 Å². The summed E-state index contributed by atoms with van der Waals surface area (Å²) in [6, 6.07) is 13.6. The number of hydrogen-bond acceptors (Lipinski definition) is 4. The molecule has 0 bridgehead atoms. The molecule has 0 radical (unpaired) electrons. The first-order chi connectivity index (χ1) is 9.20. The van der Waals surface area contributed by atoms with E-state index in [0.29, 0.717) is 0 Å². The van der Waals surface area contributed by atoms with E-state index in [4.69, 9.17) is 4.42 Å². The van der Waals surface area contributed by atoms with Gasteiger partial charge in [0.05, 0.1) is 13.2 Å². The second-order valence-electron chi connectivity index (χ2n) is 4.28. The van der Waals surface area contributed by atoms with Crippen molar-refractivity contribution in [1.29, 1.82) is 0 Å². The summed E-state index contributed by atoms with van der Waals surface area (Å²) < 4.78 is 10.1. The van der Waals surface area contributed by atoms with Crippen molar-refractivity contribution in [3.8, 4) is 0 Å². The quantitative estimate of drug-likeness (QED) is 0.839. The Kier molecular flexibility index (Phi) is 4.36. The zero-order chi connectivity index (χ0) is 13.7. The van der Waals surface area contributed by atoms with Crippen LogP contribution in [0.3, 0.4) is 0 Å². The van der Waals surface area contributed by atoms with Gasteiger partial charge in [0, 0.05) is 6.54 Å². The van der Waals surface area contributed by atoms with Crippen molar-refractivity contribution in [2.45, 2.75) is 19.5 Å². The highest BCUT2D eigenvalue weighted by atomic mass is 16.5. The van der Waals surface area contributed by atoms with Gasteiger partial charge in [0.15, 0.2) is 0 Å². The fourth-order valence-electron chi connectivity index (χ4n) is 1.76. The first-order valence-electron chi connectivity index (χ1n) is 6.16.